The Morgan fingerprint density at radius 2 is 2.00 bits per heavy atom. The molecule has 10 heteroatoms. The van der Waals surface area contributed by atoms with Crippen LogP contribution in [0.3, 0.4) is 0 Å². The van der Waals surface area contributed by atoms with Gasteiger partial charge in [-0.3, -0.25) is 4.99 Å². The summed E-state index contributed by atoms with van der Waals surface area (Å²) in [7, 11) is 0. The van der Waals surface area contributed by atoms with Crippen molar-refractivity contribution in [1.29, 1.82) is 0 Å². The van der Waals surface area contributed by atoms with Gasteiger partial charge in [0.15, 0.2) is 5.96 Å². The van der Waals surface area contributed by atoms with Gasteiger partial charge in [0.05, 0.1) is 12.2 Å². The number of aliphatic imine (C=N–C) groups is 1. The van der Waals surface area contributed by atoms with E-state index >= 15 is 0 Å². The SMILES string of the molecule is CC/N=C(\N)N1CCC[C@H]1c1nc(-c2ccc(OCC3CCCCC3)c(C(F)(F)F)c2)no1. The van der Waals surface area contributed by atoms with Gasteiger partial charge in [-0.25, -0.2) is 0 Å². The van der Waals surface area contributed by atoms with Crippen LogP contribution in [0.2, 0.25) is 0 Å². The third kappa shape index (κ3) is 5.42. The number of hydrogen-bond donors (Lipinski definition) is 1. The lowest BCUT2D eigenvalue weighted by Gasteiger charge is -2.23. The predicted molar refractivity (Wildman–Crippen MR) is 118 cm³/mol. The molecule has 0 radical (unpaired) electrons. The molecule has 4 rings (SSSR count). The molecule has 2 aromatic rings. The third-order valence-electron chi connectivity index (χ3n) is 6.34. The highest BCUT2D eigenvalue weighted by molar-refractivity contribution is 5.78. The van der Waals surface area contributed by atoms with E-state index in [-0.39, 0.29) is 23.2 Å². The van der Waals surface area contributed by atoms with Gasteiger partial charge in [0, 0.05) is 18.7 Å². The molecule has 1 aromatic carbocycles. The van der Waals surface area contributed by atoms with Crippen molar-refractivity contribution < 1.29 is 22.4 Å². The van der Waals surface area contributed by atoms with Crippen molar-refractivity contribution in [2.24, 2.45) is 16.6 Å². The fourth-order valence-electron chi connectivity index (χ4n) is 4.62. The highest BCUT2D eigenvalue weighted by atomic mass is 19.4. The predicted octanol–water partition coefficient (Wildman–Crippen LogP) is 5.19. The second-order valence-corrected chi connectivity index (χ2v) is 8.66. The average Bonchev–Trinajstić information content (AvgIpc) is 3.47. The first-order chi connectivity index (χ1) is 15.9. The zero-order valence-electron chi connectivity index (χ0n) is 18.8. The summed E-state index contributed by atoms with van der Waals surface area (Å²) >= 11 is 0. The third-order valence-corrected chi connectivity index (χ3v) is 6.34. The molecule has 2 heterocycles. The Balaban J connectivity index is 1.54. The van der Waals surface area contributed by atoms with Crippen molar-refractivity contribution in [3.63, 3.8) is 0 Å². The molecule has 7 nitrogen and oxygen atoms in total. The van der Waals surface area contributed by atoms with Crippen molar-refractivity contribution >= 4 is 5.96 Å². The zero-order chi connectivity index (χ0) is 23.4. The van der Waals surface area contributed by atoms with E-state index in [4.69, 9.17) is 15.0 Å². The van der Waals surface area contributed by atoms with E-state index in [2.05, 4.69) is 15.1 Å². The quantitative estimate of drug-likeness (QED) is 0.467. The molecule has 2 fully saturated rings. The van der Waals surface area contributed by atoms with Gasteiger partial charge in [0.25, 0.3) is 0 Å². The molecule has 1 aromatic heterocycles. The highest BCUT2D eigenvalue weighted by Gasteiger charge is 2.36. The smallest absolute Gasteiger partial charge is 0.419 e. The molecular formula is C23H30F3N5O2. The molecule has 1 saturated heterocycles. The first-order valence-corrected chi connectivity index (χ1v) is 11.6. The second-order valence-electron chi connectivity index (χ2n) is 8.66. The number of hydrogen-bond acceptors (Lipinski definition) is 5. The van der Waals surface area contributed by atoms with Crippen molar-refractivity contribution in [3.8, 4) is 17.1 Å². The van der Waals surface area contributed by atoms with Crippen LogP contribution in [0, 0.1) is 5.92 Å². The van der Waals surface area contributed by atoms with Crippen LogP contribution in [0.4, 0.5) is 13.2 Å². The Morgan fingerprint density at radius 3 is 2.73 bits per heavy atom. The number of rotatable bonds is 6. The Morgan fingerprint density at radius 1 is 1.21 bits per heavy atom. The van der Waals surface area contributed by atoms with E-state index in [0.29, 0.717) is 37.5 Å². The summed E-state index contributed by atoms with van der Waals surface area (Å²) in [5.41, 5.74) is 5.44. The minimum Gasteiger partial charge on any atom is -0.493 e. The van der Waals surface area contributed by atoms with Crippen LogP contribution in [0.1, 0.15) is 69.4 Å². The monoisotopic (exact) mass is 465 g/mol. The molecule has 1 saturated carbocycles. The normalized spacial score (nSPS) is 20.4. The summed E-state index contributed by atoms with van der Waals surface area (Å²) < 4.78 is 52.4. The fraction of sp³-hybridized carbons (Fsp3) is 0.609. The Hall–Kier alpha value is -2.78. The maximum atomic E-state index is 13.8. The summed E-state index contributed by atoms with van der Waals surface area (Å²) in [5.74, 6) is 0.970. The molecule has 1 atom stereocenters. The number of benzene rings is 1. The van der Waals surface area contributed by atoms with Gasteiger partial charge in [-0.1, -0.05) is 24.4 Å². The molecule has 0 amide bonds. The van der Waals surface area contributed by atoms with Gasteiger partial charge in [0.1, 0.15) is 11.8 Å². The minimum atomic E-state index is -4.56. The number of aromatic nitrogens is 2. The van der Waals surface area contributed by atoms with Gasteiger partial charge in [0.2, 0.25) is 11.7 Å². The Labute approximate surface area is 191 Å². The van der Waals surface area contributed by atoms with Gasteiger partial charge in [-0.15, -0.1) is 0 Å². The van der Waals surface area contributed by atoms with Gasteiger partial charge >= 0.3 is 6.18 Å². The van der Waals surface area contributed by atoms with Crippen LogP contribution in [0.25, 0.3) is 11.4 Å². The second kappa shape index (κ2) is 10.0. The van der Waals surface area contributed by atoms with E-state index in [9.17, 15) is 13.2 Å². The summed E-state index contributed by atoms with van der Waals surface area (Å²) in [4.78, 5) is 10.5. The molecule has 33 heavy (non-hydrogen) atoms. The number of ether oxygens (including phenoxy) is 1. The van der Waals surface area contributed by atoms with Gasteiger partial charge in [-0.05, 0) is 56.7 Å². The molecule has 2 N–H and O–H groups in total. The van der Waals surface area contributed by atoms with Crippen LogP contribution >= 0.6 is 0 Å². The lowest BCUT2D eigenvalue weighted by Crippen LogP contribution is -2.37. The molecule has 0 spiro atoms. The standard InChI is InChI=1S/C23H30F3N5O2/c1-2-28-22(27)31-12-6-9-18(31)21-29-20(30-33-21)16-10-11-19(17(13-16)23(24,25)26)32-14-15-7-4-3-5-8-15/h10-11,13,15,18H,2-9,12,14H2,1H3,(H2,27,28)/t18-/m0/s1. The molecule has 2 aliphatic rings. The van der Waals surface area contributed by atoms with Crippen LogP contribution in [-0.2, 0) is 6.18 Å². The molecule has 180 valence electrons. The molecule has 0 unspecified atom stereocenters. The number of alkyl halides is 3. The summed E-state index contributed by atoms with van der Waals surface area (Å²) in [6, 6.07) is 3.69. The average molecular weight is 466 g/mol. The largest absolute Gasteiger partial charge is 0.493 e. The van der Waals surface area contributed by atoms with Crippen molar-refractivity contribution in [2.45, 2.75) is 64.1 Å². The minimum absolute atomic E-state index is 0.104. The van der Waals surface area contributed by atoms with Gasteiger partial charge in [-0.2, -0.15) is 18.2 Å². The number of nitrogens with zero attached hydrogens (tertiary/aromatic N) is 4. The first kappa shape index (κ1) is 23.4. The van der Waals surface area contributed by atoms with Gasteiger partial charge < -0.3 is 19.9 Å². The summed E-state index contributed by atoms with van der Waals surface area (Å²) in [6.07, 6.45) is 2.46. The zero-order valence-corrected chi connectivity index (χ0v) is 18.8. The summed E-state index contributed by atoms with van der Waals surface area (Å²) in [5, 5.41) is 3.94. The number of guanidine groups is 1. The lowest BCUT2D eigenvalue weighted by atomic mass is 9.90. The molecular weight excluding hydrogens is 435 g/mol. The van der Waals surface area contributed by atoms with Crippen LogP contribution < -0.4 is 10.5 Å². The van der Waals surface area contributed by atoms with Crippen LogP contribution in [-0.4, -0.2) is 40.7 Å². The Bertz CT molecular complexity index is 969. The maximum absolute atomic E-state index is 13.8. The highest BCUT2D eigenvalue weighted by Crippen LogP contribution is 2.39. The lowest BCUT2D eigenvalue weighted by molar-refractivity contribution is -0.139. The fourth-order valence-corrected chi connectivity index (χ4v) is 4.62. The van der Waals surface area contributed by atoms with E-state index in [1.165, 1.54) is 12.5 Å². The number of likely N-dealkylation sites (tertiary alicyclic amines) is 1. The molecule has 1 aliphatic carbocycles. The number of halogens is 3. The van der Waals surface area contributed by atoms with Crippen LogP contribution in [0.5, 0.6) is 5.75 Å². The van der Waals surface area contributed by atoms with Crippen LogP contribution in [0.15, 0.2) is 27.7 Å². The maximum Gasteiger partial charge on any atom is 0.419 e. The van der Waals surface area contributed by atoms with E-state index in [1.807, 2.05) is 11.8 Å². The van der Waals surface area contributed by atoms with Crippen molar-refractivity contribution in [3.05, 3.63) is 29.7 Å². The molecule has 1 aliphatic heterocycles. The topological polar surface area (TPSA) is 89.8 Å². The molecule has 0 bridgehead atoms. The van der Waals surface area contributed by atoms with E-state index < -0.39 is 11.7 Å². The van der Waals surface area contributed by atoms with Crippen molar-refractivity contribution in [2.75, 3.05) is 19.7 Å². The number of nitrogens with two attached hydrogens (primary N) is 1. The van der Waals surface area contributed by atoms with E-state index in [1.54, 1.807) is 6.07 Å². The first-order valence-electron chi connectivity index (χ1n) is 11.6. The summed E-state index contributed by atoms with van der Waals surface area (Å²) in [6.45, 7) is 3.46. The van der Waals surface area contributed by atoms with E-state index in [0.717, 1.165) is 44.6 Å². The Kier molecular flexibility index (Phi) is 7.09. The van der Waals surface area contributed by atoms with Crippen molar-refractivity contribution in [1.82, 2.24) is 15.0 Å².